The predicted octanol–water partition coefficient (Wildman–Crippen LogP) is 4.31. The number of carbonyl (C=O) groups is 1. The predicted molar refractivity (Wildman–Crippen MR) is 71.5 cm³/mol. The standard InChI is InChI=1S/C15H14ClNO/c16-13-8-6-12(7-9-13)15(18)14(10-17)11-4-2-1-3-5-11/h6-9H,1-5H2. The Labute approximate surface area is 112 Å². The number of allylic oxidation sites excluding steroid dienone is 2. The second-order valence-electron chi connectivity index (χ2n) is 4.49. The summed E-state index contributed by atoms with van der Waals surface area (Å²) < 4.78 is 0. The topological polar surface area (TPSA) is 40.9 Å². The van der Waals surface area contributed by atoms with E-state index in [9.17, 15) is 10.1 Å². The van der Waals surface area contributed by atoms with Crippen LogP contribution in [-0.2, 0) is 0 Å². The maximum Gasteiger partial charge on any atom is 0.203 e. The Kier molecular flexibility index (Phi) is 4.17. The third-order valence-corrected chi connectivity index (χ3v) is 3.51. The number of nitrogens with zero attached hydrogens (tertiary/aromatic N) is 1. The van der Waals surface area contributed by atoms with Gasteiger partial charge in [-0.25, -0.2) is 0 Å². The van der Waals surface area contributed by atoms with Crippen molar-refractivity contribution in [2.45, 2.75) is 32.1 Å². The Hall–Kier alpha value is -1.59. The molecule has 3 heteroatoms. The summed E-state index contributed by atoms with van der Waals surface area (Å²) in [5.41, 5.74) is 1.88. The zero-order valence-electron chi connectivity index (χ0n) is 10.1. The van der Waals surface area contributed by atoms with Gasteiger partial charge in [-0.1, -0.05) is 18.0 Å². The number of halogens is 1. The highest BCUT2D eigenvalue weighted by Crippen LogP contribution is 2.27. The number of rotatable bonds is 2. The molecule has 2 nitrogen and oxygen atoms in total. The SMILES string of the molecule is N#CC(C(=O)c1ccc(Cl)cc1)=C1CCCCC1. The fourth-order valence-electron chi connectivity index (χ4n) is 2.26. The van der Waals surface area contributed by atoms with Crippen molar-refractivity contribution in [2.24, 2.45) is 0 Å². The molecular formula is C15H14ClNO. The summed E-state index contributed by atoms with van der Waals surface area (Å²) in [6, 6.07) is 8.78. The Morgan fingerprint density at radius 3 is 2.28 bits per heavy atom. The van der Waals surface area contributed by atoms with Crippen LogP contribution in [0.25, 0.3) is 0 Å². The molecule has 0 N–H and O–H groups in total. The van der Waals surface area contributed by atoms with E-state index in [1.165, 1.54) is 6.42 Å². The molecule has 0 aromatic heterocycles. The zero-order valence-corrected chi connectivity index (χ0v) is 10.8. The largest absolute Gasteiger partial charge is 0.288 e. The third kappa shape index (κ3) is 2.80. The van der Waals surface area contributed by atoms with Gasteiger partial charge >= 0.3 is 0 Å². The summed E-state index contributed by atoms with van der Waals surface area (Å²) in [7, 11) is 0. The molecule has 1 aliphatic rings. The highest BCUT2D eigenvalue weighted by molar-refractivity contribution is 6.30. The molecule has 0 atom stereocenters. The van der Waals surface area contributed by atoms with Crippen molar-refractivity contribution in [1.82, 2.24) is 0 Å². The quantitative estimate of drug-likeness (QED) is 0.451. The van der Waals surface area contributed by atoms with E-state index in [2.05, 4.69) is 6.07 Å². The van der Waals surface area contributed by atoms with E-state index in [1.807, 2.05) is 0 Å². The van der Waals surface area contributed by atoms with Gasteiger partial charge in [0.25, 0.3) is 0 Å². The summed E-state index contributed by atoms with van der Waals surface area (Å²) in [6.45, 7) is 0. The normalized spacial score (nSPS) is 15.0. The first kappa shape index (κ1) is 12.9. The van der Waals surface area contributed by atoms with Crippen LogP contribution in [0.5, 0.6) is 0 Å². The van der Waals surface area contributed by atoms with Gasteiger partial charge in [-0.15, -0.1) is 0 Å². The summed E-state index contributed by atoms with van der Waals surface area (Å²) in [6.07, 6.45) is 5.10. The molecule has 1 aromatic carbocycles. The molecule has 0 radical (unpaired) electrons. The van der Waals surface area contributed by atoms with Crippen LogP contribution < -0.4 is 0 Å². The number of ketones is 1. The Bertz CT molecular complexity index is 514. The van der Waals surface area contributed by atoms with E-state index in [-0.39, 0.29) is 5.78 Å². The van der Waals surface area contributed by atoms with Gasteiger partial charge in [0.1, 0.15) is 6.07 Å². The van der Waals surface area contributed by atoms with Crippen molar-refractivity contribution in [2.75, 3.05) is 0 Å². The van der Waals surface area contributed by atoms with Crippen LogP contribution in [0, 0.1) is 11.3 Å². The second kappa shape index (κ2) is 5.84. The lowest BCUT2D eigenvalue weighted by atomic mass is 9.88. The van der Waals surface area contributed by atoms with Gasteiger partial charge in [-0.05, 0) is 55.5 Å². The molecule has 0 unspecified atom stereocenters. The second-order valence-corrected chi connectivity index (χ2v) is 4.92. The molecule has 0 spiro atoms. The first-order chi connectivity index (χ1) is 8.72. The first-order valence-corrected chi connectivity index (χ1v) is 6.52. The maximum atomic E-state index is 12.3. The fraction of sp³-hybridized carbons (Fsp3) is 0.333. The molecule has 0 saturated heterocycles. The van der Waals surface area contributed by atoms with E-state index in [4.69, 9.17) is 11.6 Å². The number of hydrogen-bond acceptors (Lipinski definition) is 2. The molecule has 0 aliphatic heterocycles. The number of carbonyl (C=O) groups excluding carboxylic acids is 1. The van der Waals surface area contributed by atoms with Gasteiger partial charge in [0.15, 0.2) is 0 Å². The van der Waals surface area contributed by atoms with Gasteiger partial charge < -0.3 is 0 Å². The summed E-state index contributed by atoms with van der Waals surface area (Å²) >= 11 is 5.79. The first-order valence-electron chi connectivity index (χ1n) is 6.15. The maximum absolute atomic E-state index is 12.3. The van der Waals surface area contributed by atoms with Crippen molar-refractivity contribution in [3.63, 3.8) is 0 Å². The number of hydrogen-bond donors (Lipinski definition) is 0. The monoisotopic (exact) mass is 259 g/mol. The number of benzene rings is 1. The molecule has 2 rings (SSSR count). The molecule has 1 saturated carbocycles. The van der Waals surface area contributed by atoms with Crippen molar-refractivity contribution < 1.29 is 4.79 Å². The van der Waals surface area contributed by atoms with Gasteiger partial charge in [-0.2, -0.15) is 5.26 Å². The fourth-order valence-corrected chi connectivity index (χ4v) is 2.39. The molecule has 92 valence electrons. The van der Waals surface area contributed by atoms with Gasteiger partial charge in [-0.3, -0.25) is 4.79 Å². The molecule has 0 bridgehead atoms. The van der Waals surface area contributed by atoms with Crippen LogP contribution in [0.2, 0.25) is 5.02 Å². The summed E-state index contributed by atoms with van der Waals surface area (Å²) in [4.78, 5) is 12.3. The number of Topliss-reactive ketones (excluding diaryl/α,β-unsaturated/α-hetero) is 1. The van der Waals surface area contributed by atoms with Crippen molar-refractivity contribution >= 4 is 17.4 Å². The number of nitriles is 1. The lowest BCUT2D eigenvalue weighted by molar-refractivity contribution is 0.103. The van der Waals surface area contributed by atoms with Crippen LogP contribution in [0.3, 0.4) is 0 Å². The highest BCUT2D eigenvalue weighted by atomic mass is 35.5. The van der Waals surface area contributed by atoms with Crippen LogP contribution in [0.15, 0.2) is 35.4 Å². The van der Waals surface area contributed by atoms with E-state index in [0.29, 0.717) is 16.2 Å². The summed E-state index contributed by atoms with van der Waals surface area (Å²) in [5, 5.41) is 9.80. The third-order valence-electron chi connectivity index (χ3n) is 3.26. The van der Waals surface area contributed by atoms with E-state index >= 15 is 0 Å². The lowest BCUT2D eigenvalue weighted by Crippen LogP contribution is -2.07. The van der Waals surface area contributed by atoms with Crippen LogP contribution >= 0.6 is 11.6 Å². The average Bonchev–Trinajstić information content (AvgIpc) is 2.41. The summed E-state index contributed by atoms with van der Waals surface area (Å²) in [5.74, 6) is -0.175. The average molecular weight is 260 g/mol. The highest BCUT2D eigenvalue weighted by Gasteiger charge is 2.18. The van der Waals surface area contributed by atoms with Crippen LogP contribution in [0.4, 0.5) is 0 Å². The van der Waals surface area contributed by atoms with Gasteiger partial charge in [0.05, 0.1) is 5.57 Å². The van der Waals surface area contributed by atoms with Crippen LogP contribution in [-0.4, -0.2) is 5.78 Å². The smallest absolute Gasteiger partial charge is 0.203 e. The van der Waals surface area contributed by atoms with Gasteiger partial charge in [0, 0.05) is 10.6 Å². The van der Waals surface area contributed by atoms with Crippen molar-refractivity contribution in [3.8, 4) is 6.07 Å². The Morgan fingerprint density at radius 1 is 1.11 bits per heavy atom. The Balaban J connectivity index is 2.31. The molecule has 1 aromatic rings. The molecular weight excluding hydrogens is 246 g/mol. The van der Waals surface area contributed by atoms with Crippen molar-refractivity contribution in [1.29, 1.82) is 5.26 Å². The molecule has 0 amide bonds. The van der Waals surface area contributed by atoms with E-state index in [0.717, 1.165) is 31.3 Å². The minimum absolute atomic E-state index is 0.175. The van der Waals surface area contributed by atoms with Gasteiger partial charge in [0.2, 0.25) is 5.78 Å². The van der Waals surface area contributed by atoms with E-state index < -0.39 is 0 Å². The Morgan fingerprint density at radius 2 is 1.72 bits per heavy atom. The minimum atomic E-state index is -0.175. The zero-order chi connectivity index (χ0) is 13.0. The molecule has 18 heavy (non-hydrogen) atoms. The van der Waals surface area contributed by atoms with Crippen LogP contribution in [0.1, 0.15) is 42.5 Å². The lowest BCUT2D eigenvalue weighted by Gasteiger charge is -2.15. The molecule has 1 fully saturated rings. The van der Waals surface area contributed by atoms with Crippen molar-refractivity contribution in [3.05, 3.63) is 46.0 Å². The minimum Gasteiger partial charge on any atom is -0.288 e. The molecule has 1 aliphatic carbocycles. The van der Waals surface area contributed by atoms with E-state index in [1.54, 1.807) is 24.3 Å². The molecule has 0 heterocycles.